The van der Waals surface area contributed by atoms with Gasteiger partial charge in [0.15, 0.2) is 0 Å². The summed E-state index contributed by atoms with van der Waals surface area (Å²) < 4.78 is 27.5. The maximum Gasteiger partial charge on any atom is 0.282 e. The van der Waals surface area contributed by atoms with Gasteiger partial charge in [-0.3, -0.25) is 0 Å². The highest BCUT2D eigenvalue weighted by molar-refractivity contribution is 5.69. The average molecular weight is 375 g/mol. The Balaban J connectivity index is 1.71. The van der Waals surface area contributed by atoms with E-state index in [0.717, 1.165) is 38.0 Å². The zero-order valence-corrected chi connectivity index (χ0v) is 15.4. The van der Waals surface area contributed by atoms with Gasteiger partial charge in [-0.2, -0.15) is 0 Å². The molecule has 2 saturated heterocycles. The number of nitrogens with zero attached hydrogens (tertiary/aromatic N) is 5. The van der Waals surface area contributed by atoms with E-state index in [0.29, 0.717) is 5.92 Å². The van der Waals surface area contributed by atoms with E-state index in [9.17, 15) is 13.9 Å². The number of likely N-dealkylation sites (tertiary alicyclic amines) is 1. The fourth-order valence-electron chi connectivity index (χ4n) is 4.18. The normalized spacial score (nSPS) is 23.1. The standard InChI is InChI=1S/C19H23F2N5O/c1-11-3-4-13(15(27)9-11)16-17(18(20)21)22-19(24-23-16)26-8-6-12-5-7-25(2)10-14(12)26/h3-4,9,12,14,18,27H,5-8,10H2,1-2H3. The van der Waals surface area contributed by atoms with E-state index >= 15 is 0 Å². The van der Waals surface area contributed by atoms with Gasteiger partial charge in [-0.15, -0.1) is 10.2 Å². The summed E-state index contributed by atoms with van der Waals surface area (Å²) in [6.07, 6.45) is -0.684. The molecule has 2 aliphatic heterocycles. The number of hydrogen-bond donors (Lipinski definition) is 1. The third-order valence-corrected chi connectivity index (χ3v) is 5.64. The van der Waals surface area contributed by atoms with Crippen molar-refractivity contribution >= 4 is 5.95 Å². The average Bonchev–Trinajstić information content (AvgIpc) is 3.04. The van der Waals surface area contributed by atoms with Crippen molar-refractivity contribution in [1.82, 2.24) is 20.1 Å². The molecule has 8 heteroatoms. The van der Waals surface area contributed by atoms with Crippen LogP contribution in [0.1, 0.15) is 30.5 Å². The molecule has 0 aliphatic carbocycles. The van der Waals surface area contributed by atoms with Crippen LogP contribution in [0.2, 0.25) is 0 Å². The Morgan fingerprint density at radius 1 is 1.19 bits per heavy atom. The van der Waals surface area contributed by atoms with Crippen molar-refractivity contribution in [3.8, 4) is 17.0 Å². The van der Waals surface area contributed by atoms with Crippen molar-refractivity contribution in [3.05, 3.63) is 29.5 Å². The number of hydrogen-bond acceptors (Lipinski definition) is 6. The minimum Gasteiger partial charge on any atom is -0.507 e. The second-order valence-corrected chi connectivity index (χ2v) is 7.53. The van der Waals surface area contributed by atoms with Crippen LogP contribution in [0.15, 0.2) is 18.2 Å². The first-order valence-electron chi connectivity index (χ1n) is 9.22. The number of halogens is 2. The molecule has 2 unspecified atom stereocenters. The number of fused-ring (bicyclic) bond motifs is 1. The predicted octanol–water partition coefficient (Wildman–Crippen LogP) is 3.02. The SMILES string of the molecule is Cc1ccc(-c2nnc(N3CCC4CCN(C)CC43)nc2C(F)F)c(O)c1. The number of rotatable bonds is 3. The topological polar surface area (TPSA) is 65.4 Å². The third kappa shape index (κ3) is 3.34. The number of phenolic OH excluding ortho intramolecular Hbond substituents is 1. The Morgan fingerprint density at radius 3 is 2.70 bits per heavy atom. The molecular formula is C19H23F2N5O. The summed E-state index contributed by atoms with van der Waals surface area (Å²) in [7, 11) is 2.07. The van der Waals surface area contributed by atoms with E-state index < -0.39 is 12.1 Å². The Kier molecular flexibility index (Phi) is 4.67. The lowest BCUT2D eigenvalue weighted by Gasteiger charge is -2.36. The second-order valence-electron chi connectivity index (χ2n) is 7.53. The molecule has 2 fully saturated rings. The van der Waals surface area contributed by atoms with Crippen molar-refractivity contribution in [2.45, 2.75) is 32.2 Å². The van der Waals surface area contributed by atoms with Gasteiger partial charge in [-0.25, -0.2) is 13.8 Å². The first-order chi connectivity index (χ1) is 12.9. The molecule has 0 saturated carbocycles. The quantitative estimate of drug-likeness (QED) is 0.890. The van der Waals surface area contributed by atoms with Crippen molar-refractivity contribution < 1.29 is 13.9 Å². The molecule has 27 heavy (non-hydrogen) atoms. The number of aromatic nitrogens is 3. The van der Waals surface area contributed by atoms with E-state index in [1.807, 2.05) is 11.8 Å². The summed E-state index contributed by atoms with van der Waals surface area (Å²) in [5, 5.41) is 18.4. The van der Waals surface area contributed by atoms with Gasteiger partial charge < -0.3 is 14.9 Å². The van der Waals surface area contributed by atoms with Gasteiger partial charge in [0, 0.05) is 24.7 Å². The minimum atomic E-state index is -2.80. The first-order valence-corrected chi connectivity index (χ1v) is 9.22. The van der Waals surface area contributed by atoms with Crippen LogP contribution >= 0.6 is 0 Å². The first kappa shape index (κ1) is 18.0. The van der Waals surface area contributed by atoms with E-state index in [2.05, 4.69) is 27.1 Å². The molecular weight excluding hydrogens is 352 g/mol. The molecule has 0 spiro atoms. The summed E-state index contributed by atoms with van der Waals surface area (Å²) in [6, 6.07) is 5.06. The van der Waals surface area contributed by atoms with E-state index in [1.165, 1.54) is 6.07 Å². The summed E-state index contributed by atoms with van der Waals surface area (Å²) in [5.41, 5.74) is 0.547. The van der Waals surface area contributed by atoms with Crippen LogP contribution in [-0.4, -0.2) is 57.9 Å². The Morgan fingerprint density at radius 2 is 1.96 bits per heavy atom. The van der Waals surface area contributed by atoms with Gasteiger partial charge in [-0.05, 0) is 57.0 Å². The highest BCUT2D eigenvalue weighted by Crippen LogP contribution is 2.37. The molecule has 1 N–H and O–H groups in total. The number of phenols is 1. The summed E-state index contributed by atoms with van der Waals surface area (Å²) >= 11 is 0. The zero-order chi connectivity index (χ0) is 19.1. The van der Waals surface area contributed by atoms with Crippen molar-refractivity contribution in [1.29, 1.82) is 0 Å². The molecule has 2 aromatic rings. The lowest BCUT2D eigenvalue weighted by atomic mass is 9.92. The smallest absolute Gasteiger partial charge is 0.282 e. The van der Waals surface area contributed by atoms with Gasteiger partial charge in [0.2, 0.25) is 5.95 Å². The molecule has 144 valence electrons. The predicted molar refractivity (Wildman–Crippen MR) is 98.0 cm³/mol. The van der Waals surface area contributed by atoms with Crippen LogP contribution in [0.25, 0.3) is 11.3 Å². The monoisotopic (exact) mass is 375 g/mol. The number of alkyl halides is 2. The maximum absolute atomic E-state index is 13.7. The van der Waals surface area contributed by atoms with Crippen molar-refractivity contribution in [2.24, 2.45) is 5.92 Å². The van der Waals surface area contributed by atoms with Gasteiger partial charge in [0.1, 0.15) is 17.1 Å². The lowest BCUT2D eigenvalue weighted by molar-refractivity contribution is 0.146. The summed E-state index contributed by atoms with van der Waals surface area (Å²) in [6.45, 7) is 4.50. The fraction of sp³-hybridized carbons (Fsp3) is 0.526. The van der Waals surface area contributed by atoms with Gasteiger partial charge in [0.05, 0.1) is 0 Å². The number of anilines is 1. The molecule has 2 aliphatic rings. The van der Waals surface area contributed by atoms with Crippen molar-refractivity contribution in [3.63, 3.8) is 0 Å². The maximum atomic E-state index is 13.7. The molecule has 4 rings (SSSR count). The van der Waals surface area contributed by atoms with Crippen LogP contribution in [0, 0.1) is 12.8 Å². The highest BCUT2D eigenvalue weighted by Gasteiger charge is 2.39. The van der Waals surface area contributed by atoms with Crippen LogP contribution in [-0.2, 0) is 0 Å². The summed E-state index contributed by atoms with van der Waals surface area (Å²) in [5.74, 6) is 0.694. The number of benzene rings is 1. The minimum absolute atomic E-state index is 0.0669. The molecule has 0 radical (unpaired) electrons. The van der Waals surface area contributed by atoms with E-state index in [4.69, 9.17) is 0 Å². The number of aromatic hydroxyl groups is 1. The molecule has 2 atom stereocenters. The Hall–Kier alpha value is -2.35. The number of likely N-dealkylation sites (N-methyl/N-ethyl adjacent to an activating group) is 1. The van der Waals surface area contributed by atoms with Gasteiger partial charge in [-0.1, -0.05) is 6.07 Å². The largest absolute Gasteiger partial charge is 0.507 e. The van der Waals surface area contributed by atoms with Crippen molar-refractivity contribution in [2.75, 3.05) is 31.6 Å². The van der Waals surface area contributed by atoms with E-state index in [-0.39, 0.29) is 29.0 Å². The lowest BCUT2D eigenvalue weighted by Crippen LogP contribution is -2.47. The van der Waals surface area contributed by atoms with Crippen LogP contribution < -0.4 is 4.90 Å². The molecule has 6 nitrogen and oxygen atoms in total. The summed E-state index contributed by atoms with van der Waals surface area (Å²) in [4.78, 5) is 8.44. The Bertz CT molecular complexity index is 847. The van der Waals surface area contributed by atoms with Gasteiger partial charge in [0.25, 0.3) is 6.43 Å². The van der Waals surface area contributed by atoms with E-state index in [1.54, 1.807) is 12.1 Å². The number of aryl methyl sites for hydroxylation is 1. The van der Waals surface area contributed by atoms with Crippen LogP contribution in [0.5, 0.6) is 5.75 Å². The molecule has 1 aromatic heterocycles. The second kappa shape index (κ2) is 6.99. The Labute approximate surface area is 156 Å². The number of piperidine rings is 1. The zero-order valence-electron chi connectivity index (χ0n) is 15.4. The van der Waals surface area contributed by atoms with Gasteiger partial charge >= 0.3 is 0 Å². The fourth-order valence-corrected chi connectivity index (χ4v) is 4.18. The van der Waals surface area contributed by atoms with Crippen LogP contribution in [0.3, 0.4) is 0 Å². The van der Waals surface area contributed by atoms with Crippen LogP contribution in [0.4, 0.5) is 14.7 Å². The molecule has 1 aromatic carbocycles. The third-order valence-electron chi connectivity index (χ3n) is 5.64. The molecule has 0 amide bonds. The highest BCUT2D eigenvalue weighted by atomic mass is 19.3. The molecule has 3 heterocycles. The molecule has 0 bridgehead atoms.